The van der Waals surface area contributed by atoms with Crippen LogP contribution in [0, 0.1) is 0 Å². The molecule has 0 aliphatic carbocycles. The highest BCUT2D eigenvalue weighted by molar-refractivity contribution is 7.07. The van der Waals surface area contributed by atoms with Gasteiger partial charge in [-0.15, -0.1) is 11.3 Å². The van der Waals surface area contributed by atoms with Crippen molar-refractivity contribution in [1.82, 2.24) is 4.98 Å². The van der Waals surface area contributed by atoms with E-state index in [1.807, 2.05) is 0 Å². The average Bonchev–Trinajstić information content (AvgIpc) is 3.14. The van der Waals surface area contributed by atoms with Crippen LogP contribution in [0.2, 0.25) is 10.0 Å². The number of H-pyrrole nitrogens is 1. The molecule has 0 atom stereocenters. The van der Waals surface area contributed by atoms with Gasteiger partial charge in [0.25, 0.3) is 5.56 Å². The smallest absolute Gasteiger partial charge is 0.266 e. The van der Waals surface area contributed by atoms with Crippen molar-refractivity contribution in [2.75, 3.05) is 0 Å². The molecule has 0 bridgehead atoms. The summed E-state index contributed by atoms with van der Waals surface area (Å²) in [7, 11) is 0. The Kier molecular flexibility index (Phi) is 4.52. The van der Waals surface area contributed by atoms with E-state index in [1.165, 1.54) is 23.7 Å². The molecule has 1 aromatic carbocycles. The summed E-state index contributed by atoms with van der Waals surface area (Å²) in [5.74, 6) is -0.0946. The number of carbonyl (C=O) groups excluding carboxylic acids is 1. The van der Waals surface area contributed by atoms with Gasteiger partial charge in [-0.25, -0.2) is 0 Å². The molecule has 2 aromatic heterocycles. The van der Waals surface area contributed by atoms with Crippen molar-refractivity contribution >= 4 is 52.5 Å². The summed E-state index contributed by atoms with van der Waals surface area (Å²) in [5.41, 5.74) is 0.468. The molecule has 1 N–H and O–H groups in total. The summed E-state index contributed by atoms with van der Waals surface area (Å²) in [6.45, 7) is 0. The van der Waals surface area contributed by atoms with Gasteiger partial charge in [0.15, 0.2) is 5.76 Å². The lowest BCUT2D eigenvalue weighted by Crippen LogP contribution is -2.19. The number of benzene rings is 1. The van der Waals surface area contributed by atoms with E-state index in [0.717, 1.165) is 5.56 Å². The van der Waals surface area contributed by atoms with Gasteiger partial charge in [-0.2, -0.15) is 0 Å². The summed E-state index contributed by atoms with van der Waals surface area (Å²) in [5, 5.41) is 0.857. The predicted octanol–water partition coefficient (Wildman–Crippen LogP) is 2.83. The standard InChI is InChI=1S/C16H9Cl2NO3S/c17-10-4-3-9(6-11(10)18)7-14-16(21)19-15(23-14)8-12(20)13-2-1-5-22-13/h1-8H,(H,19,21)/b14-7+,15-8-. The first kappa shape index (κ1) is 15.8. The lowest BCUT2D eigenvalue weighted by Gasteiger charge is -1.96. The van der Waals surface area contributed by atoms with Crippen molar-refractivity contribution in [3.05, 3.63) is 77.5 Å². The van der Waals surface area contributed by atoms with Gasteiger partial charge in [-0.05, 0) is 35.9 Å². The molecular weight excluding hydrogens is 357 g/mol. The maximum absolute atomic E-state index is 12.0. The SMILES string of the molecule is O=C(/C=c1/[nH]c(=O)/c(=C\c2ccc(Cl)c(Cl)c2)s1)c1ccco1. The maximum Gasteiger partial charge on any atom is 0.266 e. The Balaban J connectivity index is 2.01. The normalized spacial score (nSPS) is 12.8. The third kappa shape index (κ3) is 3.64. The van der Waals surface area contributed by atoms with Gasteiger partial charge in [0, 0.05) is 6.08 Å². The molecule has 0 aliphatic heterocycles. The van der Waals surface area contributed by atoms with Crippen LogP contribution >= 0.6 is 34.5 Å². The molecule has 4 nitrogen and oxygen atoms in total. The largest absolute Gasteiger partial charge is 0.461 e. The molecule has 2 heterocycles. The van der Waals surface area contributed by atoms with Crippen molar-refractivity contribution < 1.29 is 9.21 Å². The third-order valence-corrected chi connectivity index (χ3v) is 4.65. The molecular formula is C16H9Cl2NO3S. The molecule has 0 unspecified atom stereocenters. The van der Waals surface area contributed by atoms with Crippen molar-refractivity contribution in [1.29, 1.82) is 0 Å². The van der Waals surface area contributed by atoms with Gasteiger partial charge < -0.3 is 9.40 Å². The first-order chi connectivity index (χ1) is 11.0. The Morgan fingerprint density at radius 3 is 2.74 bits per heavy atom. The van der Waals surface area contributed by atoms with Crippen LogP contribution in [0.4, 0.5) is 0 Å². The van der Waals surface area contributed by atoms with Gasteiger partial charge in [-0.3, -0.25) is 9.59 Å². The second kappa shape index (κ2) is 6.58. The summed E-state index contributed by atoms with van der Waals surface area (Å²) < 4.78 is 5.93. The van der Waals surface area contributed by atoms with Crippen LogP contribution in [-0.2, 0) is 0 Å². The molecule has 0 fully saturated rings. The number of hydrogen-bond acceptors (Lipinski definition) is 4. The molecule has 23 heavy (non-hydrogen) atoms. The molecule has 0 spiro atoms. The van der Waals surface area contributed by atoms with E-state index in [1.54, 1.807) is 36.4 Å². The van der Waals surface area contributed by atoms with Gasteiger partial charge in [0.05, 0.1) is 25.5 Å². The monoisotopic (exact) mass is 365 g/mol. The van der Waals surface area contributed by atoms with E-state index in [9.17, 15) is 9.59 Å². The van der Waals surface area contributed by atoms with Gasteiger partial charge in [-0.1, -0.05) is 29.3 Å². The molecule has 3 rings (SSSR count). The van der Waals surface area contributed by atoms with E-state index in [2.05, 4.69) is 4.98 Å². The van der Waals surface area contributed by atoms with E-state index in [-0.39, 0.29) is 17.1 Å². The summed E-state index contributed by atoms with van der Waals surface area (Å²) in [6.07, 6.45) is 4.43. The number of aromatic amines is 1. The Labute approximate surface area is 144 Å². The second-order valence-corrected chi connectivity index (χ2v) is 6.49. The molecule has 7 heteroatoms. The molecule has 0 radical (unpaired) electrons. The molecule has 0 saturated carbocycles. The fraction of sp³-hybridized carbons (Fsp3) is 0. The Hall–Kier alpha value is -2.08. The van der Waals surface area contributed by atoms with Crippen molar-refractivity contribution in [3.63, 3.8) is 0 Å². The highest BCUT2D eigenvalue weighted by Crippen LogP contribution is 2.22. The first-order valence-corrected chi connectivity index (χ1v) is 8.05. The van der Waals surface area contributed by atoms with Gasteiger partial charge in [0.2, 0.25) is 5.78 Å². The van der Waals surface area contributed by atoms with Gasteiger partial charge >= 0.3 is 0 Å². The third-order valence-electron chi connectivity index (χ3n) is 2.95. The van der Waals surface area contributed by atoms with Crippen molar-refractivity contribution in [3.8, 4) is 0 Å². The zero-order chi connectivity index (χ0) is 16.4. The molecule has 0 saturated heterocycles. The molecule has 3 aromatic rings. The number of hydrogen-bond donors (Lipinski definition) is 1. The van der Waals surface area contributed by atoms with Crippen molar-refractivity contribution in [2.24, 2.45) is 0 Å². The minimum absolute atomic E-state index is 0.217. The Morgan fingerprint density at radius 2 is 2.04 bits per heavy atom. The van der Waals surface area contributed by atoms with Crippen LogP contribution in [-0.4, -0.2) is 10.8 Å². The zero-order valence-corrected chi connectivity index (χ0v) is 13.8. The lowest BCUT2D eigenvalue weighted by atomic mass is 10.2. The maximum atomic E-state index is 12.0. The van der Waals surface area contributed by atoms with Crippen LogP contribution < -0.4 is 14.8 Å². The highest BCUT2D eigenvalue weighted by atomic mass is 35.5. The molecule has 0 aliphatic rings. The number of Topliss-reactive ketones (excluding diaryl/α,β-unsaturated/α-hetero) is 1. The number of thiazole rings is 1. The fourth-order valence-corrected chi connectivity index (χ4v) is 3.08. The molecule has 116 valence electrons. The number of carbonyl (C=O) groups is 1. The summed E-state index contributed by atoms with van der Waals surface area (Å²) in [6, 6.07) is 8.27. The number of halogens is 2. The number of rotatable bonds is 3. The number of furan rings is 1. The number of aromatic nitrogens is 1. The summed E-state index contributed by atoms with van der Waals surface area (Å²) in [4.78, 5) is 26.5. The quantitative estimate of drug-likeness (QED) is 0.725. The van der Waals surface area contributed by atoms with Crippen LogP contribution in [0.5, 0.6) is 0 Å². The molecule has 0 amide bonds. The van der Waals surface area contributed by atoms with E-state index in [4.69, 9.17) is 27.6 Å². The number of nitrogens with one attached hydrogen (secondary N) is 1. The first-order valence-electron chi connectivity index (χ1n) is 6.48. The Bertz CT molecular complexity index is 1030. The van der Waals surface area contributed by atoms with E-state index in [0.29, 0.717) is 19.2 Å². The zero-order valence-electron chi connectivity index (χ0n) is 11.5. The van der Waals surface area contributed by atoms with E-state index >= 15 is 0 Å². The predicted molar refractivity (Wildman–Crippen MR) is 91.7 cm³/mol. The number of ketones is 1. The van der Waals surface area contributed by atoms with Gasteiger partial charge in [0.1, 0.15) is 0 Å². The summed E-state index contributed by atoms with van der Waals surface area (Å²) >= 11 is 13.0. The lowest BCUT2D eigenvalue weighted by molar-refractivity contribution is 0.103. The average molecular weight is 366 g/mol. The van der Waals surface area contributed by atoms with Crippen LogP contribution in [0.25, 0.3) is 12.2 Å². The second-order valence-electron chi connectivity index (χ2n) is 4.59. The van der Waals surface area contributed by atoms with E-state index < -0.39 is 0 Å². The van der Waals surface area contributed by atoms with Crippen LogP contribution in [0.1, 0.15) is 16.1 Å². The fourth-order valence-electron chi connectivity index (χ4n) is 1.89. The highest BCUT2D eigenvalue weighted by Gasteiger charge is 2.05. The van der Waals surface area contributed by atoms with Crippen LogP contribution in [0.3, 0.4) is 0 Å². The minimum Gasteiger partial charge on any atom is -0.461 e. The minimum atomic E-state index is -0.311. The van der Waals surface area contributed by atoms with Crippen molar-refractivity contribution in [2.45, 2.75) is 0 Å². The van der Waals surface area contributed by atoms with Crippen LogP contribution in [0.15, 0.2) is 45.8 Å². The topological polar surface area (TPSA) is 63.1 Å². The Morgan fingerprint density at radius 1 is 1.22 bits per heavy atom.